The topological polar surface area (TPSA) is 70.8 Å². The Hall–Kier alpha value is -2.32. The second-order valence-corrected chi connectivity index (χ2v) is 10.4. The Bertz CT molecular complexity index is 1200. The molecule has 0 fully saturated rings. The van der Waals surface area contributed by atoms with Crippen LogP contribution in [0, 0.1) is 6.92 Å². The van der Waals surface area contributed by atoms with Crippen molar-refractivity contribution in [3.05, 3.63) is 87.8 Å². The number of carbonyl (C=O) groups excluding carboxylic acids is 1. The van der Waals surface area contributed by atoms with Crippen molar-refractivity contribution >= 4 is 39.1 Å². The largest absolute Gasteiger partial charge is 0.464 e. The summed E-state index contributed by atoms with van der Waals surface area (Å²) >= 11 is 12.2. The quantitative estimate of drug-likeness (QED) is 0.361. The molecule has 9 heteroatoms. The maximum atomic E-state index is 13.4. The van der Waals surface area contributed by atoms with Gasteiger partial charge in [0.1, 0.15) is 16.4 Å². The number of nitrogens with zero attached hydrogens (tertiary/aromatic N) is 2. The fraction of sp³-hybridized carbons (Fsp3) is 0.292. The van der Waals surface area contributed by atoms with Crippen LogP contribution in [0.1, 0.15) is 30.4 Å². The number of hydrogen-bond acceptors (Lipinski definition) is 4. The first-order chi connectivity index (χ1) is 15.7. The van der Waals surface area contributed by atoms with Crippen molar-refractivity contribution in [2.45, 2.75) is 38.3 Å². The molecule has 3 aromatic rings. The normalized spacial score (nSPS) is 11.7. The van der Waals surface area contributed by atoms with E-state index in [1.807, 2.05) is 56.3 Å². The van der Waals surface area contributed by atoms with Gasteiger partial charge in [-0.1, -0.05) is 60.5 Å². The van der Waals surface area contributed by atoms with Crippen LogP contribution in [0.3, 0.4) is 0 Å². The molecule has 0 aliphatic carbocycles. The lowest BCUT2D eigenvalue weighted by atomic mass is 10.2. The highest BCUT2D eigenvalue weighted by Crippen LogP contribution is 2.28. The molecular weight excluding hydrogens is 483 g/mol. The van der Waals surface area contributed by atoms with E-state index in [-0.39, 0.29) is 40.5 Å². The highest BCUT2D eigenvalue weighted by molar-refractivity contribution is 7.89. The van der Waals surface area contributed by atoms with E-state index in [2.05, 4.69) is 0 Å². The minimum Gasteiger partial charge on any atom is -0.464 e. The number of halogens is 2. The summed E-state index contributed by atoms with van der Waals surface area (Å²) in [4.78, 5) is 14.9. The summed E-state index contributed by atoms with van der Waals surface area (Å²) in [5.74, 6) is 1.02. The van der Waals surface area contributed by atoms with Crippen molar-refractivity contribution in [2.24, 2.45) is 0 Å². The monoisotopic (exact) mass is 508 g/mol. The van der Waals surface area contributed by atoms with Gasteiger partial charge in [0.05, 0.1) is 18.1 Å². The van der Waals surface area contributed by atoms with Gasteiger partial charge in [0, 0.05) is 18.1 Å². The summed E-state index contributed by atoms with van der Waals surface area (Å²) in [7, 11) is -4.04. The van der Waals surface area contributed by atoms with E-state index in [1.54, 1.807) is 4.90 Å². The van der Waals surface area contributed by atoms with E-state index in [9.17, 15) is 13.2 Å². The van der Waals surface area contributed by atoms with Gasteiger partial charge in [-0.2, -0.15) is 4.31 Å². The van der Waals surface area contributed by atoms with E-state index in [1.165, 1.54) is 18.2 Å². The first-order valence-corrected chi connectivity index (χ1v) is 12.7. The summed E-state index contributed by atoms with van der Waals surface area (Å²) in [6.07, 6.45) is 0.529. The number of hydrogen-bond donors (Lipinski definition) is 0. The molecule has 2 aromatic carbocycles. The van der Waals surface area contributed by atoms with Crippen LogP contribution in [0.15, 0.2) is 70.0 Å². The molecule has 6 nitrogen and oxygen atoms in total. The van der Waals surface area contributed by atoms with E-state index < -0.39 is 10.0 Å². The van der Waals surface area contributed by atoms with Crippen molar-refractivity contribution in [2.75, 3.05) is 13.1 Å². The zero-order chi connectivity index (χ0) is 24.0. The van der Waals surface area contributed by atoms with Crippen LogP contribution in [-0.4, -0.2) is 36.6 Å². The predicted octanol–water partition coefficient (Wildman–Crippen LogP) is 5.52. The number of sulfonamides is 1. The highest BCUT2D eigenvalue weighted by Gasteiger charge is 2.30. The first-order valence-electron chi connectivity index (χ1n) is 10.5. The van der Waals surface area contributed by atoms with Crippen LogP contribution in [0.4, 0.5) is 0 Å². The third kappa shape index (κ3) is 6.60. The van der Waals surface area contributed by atoms with Crippen molar-refractivity contribution in [1.82, 2.24) is 9.21 Å². The second kappa shape index (κ2) is 11.2. The van der Waals surface area contributed by atoms with Crippen LogP contribution in [0.5, 0.6) is 0 Å². The Balaban J connectivity index is 1.88. The van der Waals surface area contributed by atoms with Gasteiger partial charge in [0.25, 0.3) is 0 Å². The SMILES string of the molecule is CCCN(CC(=O)N(Cc1ccccc1)Cc1ccc(C)o1)S(=O)(=O)c1cc(Cl)ccc1Cl. The van der Waals surface area contributed by atoms with E-state index in [0.29, 0.717) is 18.7 Å². The average molecular weight is 509 g/mol. The lowest BCUT2D eigenvalue weighted by molar-refractivity contribution is -0.133. The molecule has 33 heavy (non-hydrogen) atoms. The van der Waals surface area contributed by atoms with E-state index in [4.69, 9.17) is 27.6 Å². The van der Waals surface area contributed by atoms with Gasteiger partial charge in [0.15, 0.2) is 0 Å². The van der Waals surface area contributed by atoms with Crippen LogP contribution >= 0.6 is 23.2 Å². The Morgan fingerprint density at radius 1 is 1.00 bits per heavy atom. The minimum absolute atomic E-state index is 0.0557. The molecule has 0 atom stereocenters. The second-order valence-electron chi connectivity index (χ2n) is 7.66. The van der Waals surface area contributed by atoms with Crippen LogP contribution in [0.25, 0.3) is 0 Å². The molecule has 1 amide bonds. The molecule has 1 aromatic heterocycles. The molecule has 0 N–H and O–H groups in total. The third-order valence-electron chi connectivity index (χ3n) is 5.01. The molecule has 0 radical (unpaired) electrons. The first kappa shape index (κ1) is 25.3. The van der Waals surface area contributed by atoms with Gasteiger partial charge in [-0.25, -0.2) is 8.42 Å². The molecule has 3 rings (SSSR count). The standard InChI is InChI=1S/C24H26Cl2N2O4S/c1-3-13-28(33(30,31)23-14-20(25)10-12-22(23)26)17-24(29)27(15-19-7-5-4-6-8-19)16-21-11-9-18(2)32-21/h4-12,14H,3,13,15-17H2,1-2H3. The average Bonchev–Trinajstić information content (AvgIpc) is 3.19. The van der Waals surface area contributed by atoms with Gasteiger partial charge in [-0.05, 0) is 49.2 Å². The number of rotatable bonds is 10. The molecule has 0 saturated heterocycles. The zero-order valence-electron chi connectivity index (χ0n) is 18.5. The zero-order valence-corrected chi connectivity index (χ0v) is 20.8. The smallest absolute Gasteiger partial charge is 0.245 e. The van der Waals surface area contributed by atoms with Crippen molar-refractivity contribution < 1.29 is 17.6 Å². The lowest BCUT2D eigenvalue weighted by Crippen LogP contribution is -2.42. The summed E-state index contributed by atoms with van der Waals surface area (Å²) in [6, 6.07) is 17.4. The van der Waals surface area contributed by atoms with Gasteiger partial charge < -0.3 is 9.32 Å². The molecular formula is C24H26Cl2N2O4S. The van der Waals surface area contributed by atoms with Crippen LogP contribution in [-0.2, 0) is 27.9 Å². The molecule has 0 aliphatic heterocycles. The summed E-state index contributed by atoms with van der Waals surface area (Å²) in [5, 5.41) is 0.305. The molecule has 0 spiro atoms. The lowest BCUT2D eigenvalue weighted by Gasteiger charge is -2.27. The third-order valence-corrected chi connectivity index (χ3v) is 7.57. The Kier molecular flexibility index (Phi) is 8.59. The van der Waals surface area contributed by atoms with E-state index >= 15 is 0 Å². The minimum atomic E-state index is -4.04. The van der Waals surface area contributed by atoms with Gasteiger partial charge in [-0.15, -0.1) is 0 Å². The Morgan fingerprint density at radius 2 is 1.73 bits per heavy atom. The molecule has 176 valence electrons. The molecule has 0 bridgehead atoms. The highest BCUT2D eigenvalue weighted by atomic mass is 35.5. The number of carbonyl (C=O) groups is 1. The molecule has 0 saturated carbocycles. The fourth-order valence-corrected chi connectivity index (χ4v) is 5.61. The number of furan rings is 1. The summed E-state index contributed by atoms with van der Waals surface area (Å²) in [5.41, 5.74) is 0.928. The number of amides is 1. The van der Waals surface area contributed by atoms with Crippen molar-refractivity contribution in [3.63, 3.8) is 0 Å². The van der Waals surface area contributed by atoms with Crippen molar-refractivity contribution in [3.8, 4) is 0 Å². The van der Waals surface area contributed by atoms with Gasteiger partial charge in [0.2, 0.25) is 15.9 Å². The van der Waals surface area contributed by atoms with E-state index in [0.717, 1.165) is 15.6 Å². The van der Waals surface area contributed by atoms with Gasteiger partial charge >= 0.3 is 0 Å². The summed E-state index contributed by atoms with van der Waals surface area (Å²) in [6.45, 7) is 4.05. The van der Waals surface area contributed by atoms with Crippen LogP contribution < -0.4 is 0 Å². The molecule has 0 aliphatic rings. The number of benzene rings is 2. The Labute approximate surface area is 204 Å². The van der Waals surface area contributed by atoms with Gasteiger partial charge in [-0.3, -0.25) is 4.79 Å². The molecule has 0 unspecified atom stereocenters. The number of aryl methyl sites for hydroxylation is 1. The maximum absolute atomic E-state index is 13.4. The fourth-order valence-electron chi connectivity index (χ4n) is 3.39. The maximum Gasteiger partial charge on any atom is 0.245 e. The summed E-state index contributed by atoms with van der Waals surface area (Å²) < 4.78 is 33.5. The predicted molar refractivity (Wildman–Crippen MR) is 130 cm³/mol. The van der Waals surface area contributed by atoms with Crippen molar-refractivity contribution in [1.29, 1.82) is 0 Å². The molecule has 1 heterocycles. The Morgan fingerprint density at radius 3 is 2.36 bits per heavy atom. The van der Waals surface area contributed by atoms with Crippen LogP contribution in [0.2, 0.25) is 10.0 Å².